The van der Waals surface area contributed by atoms with Crippen molar-refractivity contribution < 1.29 is 0 Å². The largest absolute Gasteiger partial charge is 0.361 e. The summed E-state index contributed by atoms with van der Waals surface area (Å²) >= 11 is 0. The molecular formula is C37H25N3. The van der Waals surface area contributed by atoms with Crippen molar-refractivity contribution in [3.05, 3.63) is 139 Å². The molecule has 6 aromatic carbocycles. The summed E-state index contributed by atoms with van der Waals surface area (Å²) in [7, 11) is 0. The van der Waals surface area contributed by atoms with Crippen molar-refractivity contribution >= 4 is 33.2 Å². The van der Waals surface area contributed by atoms with Crippen LogP contribution in [0.15, 0.2) is 133 Å². The van der Waals surface area contributed by atoms with E-state index in [9.17, 15) is 0 Å². The summed E-state index contributed by atoms with van der Waals surface area (Å²) in [5, 5.41) is 10.0. The van der Waals surface area contributed by atoms with Crippen LogP contribution in [0.5, 0.6) is 0 Å². The molecule has 1 aromatic heterocycles. The summed E-state index contributed by atoms with van der Waals surface area (Å²) in [6, 6.07) is 48.4. The average Bonchev–Trinajstić information content (AvgIpc) is 3.35. The SMILES string of the molecule is c1ccc(-n2c3ccccc3c3cc(-c4ccc5c(c4)-c4cccc6c4C(Nc4ccccc4-6)N5)ccc32)cc1. The lowest BCUT2D eigenvalue weighted by Gasteiger charge is -2.37. The van der Waals surface area contributed by atoms with E-state index < -0.39 is 0 Å². The van der Waals surface area contributed by atoms with E-state index in [1.165, 1.54) is 72.1 Å². The maximum atomic E-state index is 3.78. The Morgan fingerprint density at radius 2 is 1.10 bits per heavy atom. The Labute approximate surface area is 232 Å². The topological polar surface area (TPSA) is 29.0 Å². The van der Waals surface area contributed by atoms with Gasteiger partial charge in [-0.1, -0.05) is 84.9 Å². The van der Waals surface area contributed by atoms with Crippen molar-refractivity contribution in [2.75, 3.05) is 10.6 Å². The van der Waals surface area contributed by atoms with Crippen LogP contribution in [0, 0.1) is 0 Å². The summed E-state index contributed by atoms with van der Waals surface area (Å²) in [6.07, 6.45) is 0.0555. The van der Waals surface area contributed by atoms with Crippen LogP contribution in [-0.2, 0) is 0 Å². The molecule has 188 valence electrons. The average molecular weight is 512 g/mol. The van der Waals surface area contributed by atoms with Crippen LogP contribution < -0.4 is 10.6 Å². The van der Waals surface area contributed by atoms with Gasteiger partial charge < -0.3 is 15.2 Å². The zero-order valence-corrected chi connectivity index (χ0v) is 21.7. The van der Waals surface area contributed by atoms with Crippen LogP contribution in [0.25, 0.3) is 60.9 Å². The number of rotatable bonds is 2. The number of nitrogens with one attached hydrogen (secondary N) is 2. The highest BCUT2D eigenvalue weighted by atomic mass is 15.1. The first-order chi connectivity index (χ1) is 19.8. The second kappa shape index (κ2) is 8.11. The van der Waals surface area contributed by atoms with E-state index in [0.717, 1.165) is 5.69 Å². The first-order valence-electron chi connectivity index (χ1n) is 13.8. The Bertz CT molecular complexity index is 2120. The highest BCUT2D eigenvalue weighted by molar-refractivity contribution is 6.10. The van der Waals surface area contributed by atoms with Gasteiger partial charge in [0.2, 0.25) is 0 Å². The van der Waals surface area contributed by atoms with E-state index in [2.05, 4.69) is 149 Å². The van der Waals surface area contributed by atoms with Crippen molar-refractivity contribution in [1.82, 2.24) is 4.57 Å². The minimum Gasteiger partial charge on any atom is -0.361 e. The van der Waals surface area contributed by atoms with Crippen molar-refractivity contribution in [3.8, 4) is 39.1 Å². The van der Waals surface area contributed by atoms with Gasteiger partial charge in [0, 0.05) is 44.5 Å². The molecule has 0 saturated heterocycles. The maximum Gasteiger partial charge on any atom is 0.124 e. The number of aromatic nitrogens is 1. The molecule has 3 heterocycles. The number of fused-ring (bicyclic) bond motifs is 7. The van der Waals surface area contributed by atoms with Crippen LogP contribution in [0.3, 0.4) is 0 Å². The van der Waals surface area contributed by atoms with Gasteiger partial charge in [-0.25, -0.2) is 0 Å². The standard InChI is InChI=1S/C37H25N3/c1-2-9-25(10-3-1)40-34-16-7-5-12-27(34)31-22-24(18-20-35(31)40)23-17-19-33-30(21-23)29-14-8-13-28-26-11-4-6-15-32(26)38-37(39-33)36(28)29/h1-22,37-39H. The molecule has 9 rings (SSSR count). The summed E-state index contributed by atoms with van der Waals surface area (Å²) < 4.78 is 2.37. The van der Waals surface area contributed by atoms with Gasteiger partial charge in [-0.3, -0.25) is 0 Å². The van der Waals surface area contributed by atoms with E-state index in [1.54, 1.807) is 0 Å². The maximum absolute atomic E-state index is 3.78. The Kier molecular flexibility index (Phi) is 4.39. The Balaban J connectivity index is 1.22. The quantitative estimate of drug-likeness (QED) is 0.242. The van der Waals surface area contributed by atoms with Gasteiger partial charge in [0.1, 0.15) is 6.17 Å². The third kappa shape index (κ3) is 3.00. The Morgan fingerprint density at radius 1 is 0.450 bits per heavy atom. The van der Waals surface area contributed by atoms with Crippen LogP contribution in [-0.4, -0.2) is 4.57 Å². The van der Waals surface area contributed by atoms with Crippen LogP contribution in [0.4, 0.5) is 11.4 Å². The Morgan fingerprint density at radius 3 is 2.00 bits per heavy atom. The molecule has 0 radical (unpaired) electrons. The van der Waals surface area contributed by atoms with Crippen molar-refractivity contribution in [2.24, 2.45) is 0 Å². The smallest absolute Gasteiger partial charge is 0.124 e. The van der Waals surface area contributed by atoms with Gasteiger partial charge in [-0.05, 0) is 70.8 Å². The second-order valence-electron chi connectivity index (χ2n) is 10.7. The fraction of sp³-hybridized carbons (Fsp3) is 0.0270. The molecule has 7 aromatic rings. The first kappa shape index (κ1) is 21.6. The molecule has 1 unspecified atom stereocenters. The fourth-order valence-corrected chi connectivity index (χ4v) is 6.76. The molecular weight excluding hydrogens is 486 g/mol. The number of anilines is 2. The first-order valence-corrected chi connectivity index (χ1v) is 13.8. The highest BCUT2D eigenvalue weighted by Crippen LogP contribution is 2.50. The molecule has 2 aliphatic rings. The lowest BCUT2D eigenvalue weighted by Crippen LogP contribution is -2.27. The lowest BCUT2D eigenvalue weighted by atomic mass is 9.83. The van der Waals surface area contributed by atoms with E-state index in [1.807, 2.05) is 0 Å². The summed E-state index contributed by atoms with van der Waals surface area (Å²) in [5.41, 5.74) is 14.8. The normalized spacial score (nSPS) is 14.7. The van der Waals surface area contributed by atoms with E-state index in [-0.39, 0.29) is 6.17 Å². The van der Waals surface area contributed by atoms with Gasteiger partial charge in [0.15, 0.2) is 0 Å². The molecule has 0 amide bonds. The fourth-order valence-electron chi connectivity index (χ4n) is 6.76. The predicted molar refractivity (Wildman–Crippen MR) is 167 cm³/mol. The molecule has 3 heteroatoms. The lowest BCUT2D eigenvalue weighted by molar-refractivity contribution is 0.885. The molecule has 0 saturated carbocycles. The van der Waals surface area contributed by atoms with E-state index >= 15 is 0 Å². The zero-order valence-electron chi connectivity index (χ0n) is 21.7. The van der Waals surface area contributed by atoms with Gasteiger partial charge >= 0.3 is 0 Å². The summed E-state index contributed by atoms with van der Waals surface area (Å²) in [5.74, 6) is 0. The number of nitrogens with zero attached hydrogens (tertiary/aromatic N) is 1. The highest BCUT2D eigenvalue weighted by Gasteiger charge is 2.31. The molecule has 3 nitrogen and oxygen atoms in total. The molecule has 0 fully saturated rings. The minimum atomic E-state index is 0.0555. The zero-order chi connectivity index (χ0) is 26.2. The molecule has 2 N–H and O–H groups in total. The molecule has 0 bridgehead atoms. The van der Waals surface area contributed by atoms with Gasteiger partial charge in [0.25, 0.3) is 0 Å². The second-order valence-corrected chi connectivity index (χ2v) is 10.7. The van der Waals surface area contributed by atoms with Crippen LogP contribution in [0.1, 0.15) is 11.7 Å². The van der Waals surface area contributed by atoms with Gasteiger partial charge in [-0.2, -0.15) is 0 Å². The molecule has 1 atom stereocenters. The van der Waals surface area contributed by atoms with Gasteiger partial charge in [-0.15, -0.1) is 0 Å². The summed E-state index contributed by atoms with van der Waals surface area (Å²) in [4.78, 5) is 0. The number of para-hydroxylation sites is 3. The van der Waals surface area contributed by atoms with Gasteiger partial charge in [0.05, 0.1) is 11.0 Å². The Hall–Kier alpha value is -5.28. The monoisotopic (exact) mass is 511 g/mol. The van der Waals surface area contributed by atoms with Crippen LogP contribution in [0.2, 0.25) is 0 Å². The minimum absolute atomic E-state index is 0.0555. The molecule has 0 aliphatic carbocycles. The number of hydrogen-bond donors (Lipinski definition) is 2. The van der Waals surface area contributed by atoms with Crippen LogP contribution >= 0.6 is 0 Å². The predicted octanol–water partition coefficient (Wildman–Crippen LogP) is 9.63. The summed E-state index contributed by atoms with van der Waals surface area (Å²) in [6.45, 7) is 0. The third-order valence-corrected chi connectivity index (χ3v) is 8.54. The number of benzene rings is 6. The van der Waals surface area contributed by atoms with Crippen molar-refractivity contribution in [2.45, 2.75) is 6.17 Å². The van der Waals surface area contributed by atoms with Crippen molar-refractivity contribution in [3.63, 3.8) is 0 Å². The molecule has 2 aliphatic heterocycles. The molecule has 0 spiro atoms. The molecule has 40 heavy (non-hydrogen) atoms. The van der Waals surface area contributed by atoms with Crippen molar-refractivity contribution in [1.29, 1.82) is 0 Å². The third-order valence-electron chi connectivity index (χ3n) is 8.54. The van der Waals surface area contributed by atoms with E-state index in [4.69, 9.17) is 0 Å². The van der Waals surface area contributed by atoms with E-state index in [0.29, 0.717) is 0 Å². The number of hydrogen-bond acceptors (Lipinski definition) is 2.